The Kier molecular flexibility index (Phi) is 10.7. The molecule has 0 amide bonds. The van der Waals surface area contributed by atoms with Gasteiger partial charge in [0, 0.05) is 24.0 Å². The summed E-state index contributed by atoms with van der Waals surface area (Å²) in [6.07, 6.45) is 2.13. The Hall–Kier alpha value is -2.63. The highest BCUT2D eigenvalue weighted by Crippen LogP contribution is 2.32. The van der Waals surface area contributed by atoms with Crippen molar-refractivity contribution in [2.45, 2.75) is 53.4 Å². The summed E-state index contributed by atoms with van der Waals surface area (Å²) in [5, 5.41) is 10.4. The third-order valence-electron chi connectivity index (χ3n) is 4.22. The normalized spacial score (nSPS) is 18.5. The second-order valence-electron chi connectivity index (χ2n) is 6.14. The summed E-state index contributed by atoms with van der Waals surface area (Å²) < 4.78 is 0. The number of rotatable bonds is 5. The molecule has 0 aliphatic heterocycles. The number of hydrogen-bond donors (Lipinski definition) is 1. The monoisotopic (exact) mass is 376 g/mol. The fourth-order valence-electron chi connectivity index (χ4n) is 3.10. The van der Waals surface area contributed by atoms with Crippen LogP contribution in [0.15, 0.2) is 12.1 Å². The third-order valence-corrected chi connectivity index (χ3v) is 4.22. The van der Waals surface area contributed by atoms with Crippen LogP contribution in [0.2, 0.25) is 0 Å². The first kappa shape index (κ1) is 24.4. The van der Waals surface area contributed by atoms with Gasteiger partial charge in [0.2, 0.25) is 0 Å². The van der Waals surface area contributed by atoms with Gasteiger partial charge in [-0.25, -0.2) is 0 Å². The minimum Gasteiger partial charge on any atom is -0.507 e. The molecule has 0 radical (unpaired) electrons. The van der Waals surface area contributed by atoms with Crippen LogP contribution in [-0.4, -0.2) is 35.5 Å². The van der Waals surface area contributed by atoms with Crippen LogP contribution in [0.3, 0.4) is 0 Å². The van der Waals surface area contributed by atoms with Crippen LogP contribution in [0.25, 0.3) is 0 Å². The van der Waals surface area contributed by atoms with Gasteiger partial charge in [-0.15, -0.1) is 0 Å². The SMILES string of the molecule is C=O.CC.CCCc1c(C=O)ccc(C(=O)C2C(=O)CC(C)CC2=O)c1O. The van der Waals surface area contributed by atoms with Crippen molar-refractivity contribution < 1.29 is 29.1 Å². The molecular weight excluding hydrogens is 348 g/mol. The van der Waals surface area contributed by atoms with Gasteiger partial charge >= 0.3 is 0 Å². The number of benzene rings is 1. The largest absolute Gasteiger partial charge is 0.507 e. The lowest BCUT2D eigenvalue weighted by atomic mass is 9.77. The van der Waals surface area contributed by atoms with Gasteiger partial charge in [-0.1, -0.05) is 40.2 Å². The highest BCUT2D eigenvalue weighted by Gasteiger charge is 2.40. The Labute approximate surface area is 160 Å². The minimum absolute atomic E-state index is 0.0549. The van der Waals surface area contributed by atoms with E-state index in [2.05, 4.69) is 0 Å². The molecule has 0 spiro atoms. The summed E-state index contributed by atoms with van der Waals surface area (Å²) in [6.45, 7) is 9.68. The molecule has 1 aromatic carbocycles. The van der Waals surface area contributed by atoms with Crippen molar-refractivity contribution in [2.75, 3.05) is 0 Å². The number of hydrogen-bond acceptors (Lipinski definition) is 6. The number of carbonyl (C=O) groups is 5. The van der Waals surface area contributed by atoms with E-state index in [0.29, 0.717) is 30.3 Å². The number of Topliss-reactive ketones (excluding diaryl/α,β-unsaturated/α-hetero) is 3. The Morgan fingerprint density at radius 3 is 2.15 bits per heavy atom. The molecular formula is C21H28O6. The average molecular weight is 376 g/mol. The molecule has 1 aromatic rings. The number of aldehydes is 1. The molecule has 2 rings (SSSR count). The third kappa shape index (κ3) is 5.67. The number of aromatic hydroxyl groups is 1. The first-order chi connectivity index (χ1) is 12.9. The van der Waals surface area contributed by atoms with Crippen molar-refractivity contribution in [1.29, 1.82) is 0 Å². The van der Waals surface area contributed by atoms with Crippen molar-refractivity contribution in [2.24, 2.45) is 11.8 Å². The lowest BCUT2D eigenvalue weighted by Crippen LogP contribution is -2.38. The maximum Gasteiger partial charge on any atom is 0.184 e. The number of phenols is 1. The number of carbonyl (C=O) groups excluding carboxylic acids is 5. The molecule has 0 saturated heterocycles. The molecule has 1 fully saturated rings. The molecule has 0 aromatic heterocycles. The van der Waals surface area contributed by atoms with E-state index in [1.807, 2.05) is 27.6 Å². The molecule has 27 heavy (non-hydrogen) atoms. The van der Waals surface area contributed by atoms with Crippen molar-refractivity contribution in [3.8, 4) is 5.75 Å². The van der Waals surface area contributed by atoms with Gasteiger partial charge in [0.15, 0.2) is 17.3 Å². The van der Waals surface area contributed by atoms with E-state index in [4.69, 9.17) is 4.79 Å². The van der Waals surface area contributed by atoms with Crippen LogP contribution in [0.1, 0.15) is 73.2 Å². The smallest absolute Gasteiger partial charge is 0.184 e. The van der Waals surface area contributed by atoms with Gasteiger partial charge in [-0.2, -0.15) is 0 Å². The fraction of sp³-hybridized carbons (Fsp3) is 0.476. The maximum absolute atomic E-state index is 12.6. The zero-order valence-corrected chi connectivity index (χ0v) is 16.4. The van der Waals surface area contributed by atoms with Gasteiger partial charge < -0.3 is 9.90 Å². The van der Waals surface area contributed by atoms with E-state index in [9.17, 15) is 24.3 Å². The van der Waals surface area contributed by atoms with Crippen molar-refractivity contribution >= 4 is 30.4 Å². The molecule has 6 nitrogen and oxygen atoms in total. The first-order valence-corrected chi connectivity index (χ1v) is 9.09. The van der Waals surface area contributed by atoms with E-state index >= 15 is 0 Å². The summed E-state index contributed by atoms with van der Waals surface area (Å²) in [5.74, 6) is -3.13. The van der Waals surface area contributed by atoms with Crippen molar-refractivity contribution in [3.05, 3.63) is 28.8 Å². The Morgan fingerprint density at radius 2 is 1.70 bits per heavy atom. The molecule has 1 N–H and O–H groups in total. The summed E-state index contributed by atoms with van der Waals surface area (Å²) in [5.41, 5.74) is 0.647. The van der Waals surface area contributed by atoms with Crippen LogP contribution in [0.5, 0.6) is 5.75 Å². The molecule has 0 atom stereocenters. The van der Waals surface area contributed by atoms with E-state index in [1.165, 1.54) is 12.1 Å². The quantitative estimate of drug-likeness (QED) is 0.480. The second-order valence-corrected chi connectivity index (χ2v) is 6.14. The van der Waals surface area contributed by atoms with E-state index < -0.39 is 23.3 Å². The van der Waals surface area contributed by atoms with Crippen LogP contribution in [-0.2, 0) is 20.8 Å². The standard InChI is InChI=1S/C18H20O5.C2H6.CH2O/c1-3-4-12-11(9-19)5-6-13(17(12)22)18(23)16-14(20)7-10(2)8-15(16)21;2*1-2/h5-6,9-10,16,22H,3-4,7-8H2,1-2H3;1-2H3;1H2. The highest BCUT2D eigenvalue weighted by molar-refractivity contribution is 6.25. The van der Waals surface area contributed by atoms with Gasteiger partial charge in [0.25, 0.3) is 0 Å². The predicted molar refractivity (Wildman–Crippen MR) is 102 cm³/mol. The zero-order valence-electron chi connectivity index (χ0n) is 16.4. The van der Waals surface area contributed by atoms with E-state index in [-0.39, 0.29) is 30.1 Å². The summed E-state index contributed by atoms with van der Waals surface area (Å²) in [6, 6.07) is 2.77. The summed E-state index contributed by atoms with van der Waals surface area (Å²) in [4.78, 5) is 55.9. The number of phenolic OH excluding ortho intramolecular Hbond substituents is 1. The Morgan fingerprint density at radius 1 is 1.19 bits per heavy atom. The fourth-order valence-corrected chi connectivity index (χ4v) is 3.10. The van der Waals surface area contributed by atoms with Crippen LogP contribution < -0.4 is 0 Å². The lowest BCUT2D eigenvalue weighted by molar-refractivity contribution is -0.134. The molecule has 1 aliphatic rings. The second kappa shape index (κ2) is 11.9. The average Bonchev–Trinajstić information content (AvgIpc) is 2.65. The lowest BCUT2D eigenvalue weighted by Gasteiger charge is -2.23. The van der Waals surface area contributed by atoms with Gasteiger partial charge in [0.05, 0.1) is 5.56 Å². The summed E-state index contributed by atoms with van der Waals surface area (Å²) in [7, 11) is 0. The van der Waals surface area contributed by atoms with Crippen LogP contribution in [0.4, 0.5) is 0 Å². The molecule has 0 bridgehead atoms. The van der Waals surface area contributed by atoms with Crippen molar-refractivity contribution in [1.82, 2.24) is 0 Å². The molecule has 148 valence electrons. The van der Waals surface area contributed by atoms with Crippen LogP contribution >= 0.6 is 0 Å². The van der Waals surface area contributed by atoms with Gasteiger partial charge in [0.1, 0.15) is 24.7 Å². The van der Waals surface area contributed by atoms with Gasteiger partial charge in [-0.05, 0) is 18.4 Å². The highest BCUT2D eigenvalue weighted by atomic mass is 16.3. The van der Waals surface area contributed by atoms with E-state index in [0.717, 1.165) is 0 Å². The Bertz CT molecular complexity index is 674. The predicted octanol–water partition coefficient (Wildman–Crippen LogP) is 3.37. The molecule has 0 heterocycles. The molecule has 0 unspecified atom stereocenters. The molecule has 6 heteroatoms. The Balaban J connectivity index is 0.00000158. The van der Waals surface area contributed by atoms with Gasteiger partial charge in [-0.3, -0.25) is 19.2 Å². The number of ketones is 3. The first-order valence-electron chi connectivity index (χ1n) is 9.09. The summed E-state index contributed by atoms with van der Waals surface area (Å²) >= 11 is 0. The zero-order chi connectivity index (χ0) is 21.1. The maximum atomic E-state index is 12.6. The van der Waals surface area contributed by atoms with Crippen molar-refractivity contribution in [3.63, 3.8) is 0 Å². The molecule has 1 aliphatic carbocycles. The molecule has 1 saturated carbocycles. The topological polar surface area (TPSA) is 106 Å². The minimum atomic E-state index is -1.33. The van der Waals surface area contributed by atoms with E-state index in [1.54, 1.807) is 6.92 Å². The van der Waals surface area contributed by atoms with Crippen LogP contribution in [0, 0.1) is 11.8 Å².